The second kappa shape index (κ2) is 6.33. The van der Waals surface area contributed by atoms with Crippen molar-refractivity contribution in [1.82, 2.24) is 4.90 Å². The summed E-state index contributed by atoms with van der Waals surface area (Å²) in [4.78, 5) is 3.03. The number of hydrogen-bond donors (Lipinski definition) is 0. The van der Waals surface area contributed by atoms with Crippen LogP contribution in [-0.4, -0.2) is 29.0 Å². The Morgan fingerprint density at radius 3 is 2.44 bits per heavy atom. The molecule has 0 aliphatic heterocycles. The lowest BCUT2D eigenvalue weighted by Gasteiger charge is -2.15. The van der Waals surface area contributed by atoms with E-state index in [1.165, 1.54) is 5.56 Å². The largest absolute Gasteiger partial charge is 0.297 e. The second-order valence-electron chi connectivity index (χ2n) is 3.79. The highest BCUT2D eigenvalue weighted by molar-refractivity contribution is 9.11. The average molecular weight is 302 g/mol. The monoisotopic (exact) mass is 301 g/mol. The Hall–Kier alpha value is -0.450. The van der Waals surface area contributed by atoms with E-state index in [0.717, 1.165) is 22.5 Å². The summed E-state index contributed by atoms with van der Waals surface area (Å²) in [5, 5.41) is 0. The van der Waals surface area contributed by atoms with Gasteiger partial charge in [0, 0.05) is 39.5 Å². The third-order valence-corrected chi connectivity index (χ3v) is 3.34. The van der Waals surface area contributed by atoms with E-state index in [-0.39, 0.29) is 0 Å². The normalized spacial score (nSPS) is 12.8. The Bertz CT molecular complexity index is 389. The van der Waals surface area contributed by atoms with E-state index < -0.39 is 10.8 Å². The van der Waals surface area contributed by atoms with E-state index in [0.29, 0.717) is 0 Å². The lowest BCUT2D eigenvalue weighted by molar-refractivity contribution is 0.362. The number of hydrogen-bond acceptors (Lipinski definition) is 2. The molecule has 0 bridgehead atoms. The molecule has 88 valence electrons. The lowest BCUT2D eigenvalue weighted by atomic mass is 10.2. The van der Waals surface area contributed by atoms with Crippen LogP contribution in [0.4, 0.5) is 0 Å². The van der Waals surface area contributed by atoms with Crippen LogP contribution in [0.5, 0.6) is 0 Å². The van der Waals surface area contributed by atoms with Gasteiger partial charge < -0.3 is 0 Å². The van der Waals surface area contributed by atoms with Gasteiger partial charge in [0.1, 0.15) is 0 Å². The minimum atomic E-state index is -0.894. The highest BCUT2D eigenvalue weighted by Crippen LogP contribution is 2.11. The van der Waals surface area contributed by atoms with E-state index in [1.807, 2.05) is 31.3 Å². The molecular weight excluding hydrogens is 286 g/mol. The average Bonchev–Trinajstić information content (AvgIpc) is 2.16. The fourth-order valence-electron chi connectivity index (χ4n) is 1.45. The Labute approximate surface area is 108 Å². The van der Waals surface area contributed by atoms with Gasteiger partial charge in [-0.05, 0) is 24.7 Å². The molecule has 2 nitrogen and oxygen atoms in total. The van der Waals surface area contributed by atoms with Gasteiger partial charge in [-0.15, -0.1) is 0 Å². The predicted octanol–water partition coefficient (Wildman–Crippen LogP) is 2.76. The van der Waals surface area contributed by atoms with Crippen LogP contribution in [0.2, 0.25) is 0 Å². The standard InChI is InChI=1S/C12H16BrNOS/c1-10(13)8-14(2)9-11-4-6-12(7-5-11)16(3)15/h4-7H,1,8-9H2,2-3H3. The van der Waals surface area contributed by atoms with Crippen LogP contribution in [0, 0.1) is 0 Å². The molecule has 1 rings (SSSR count). The van der Waals surface area contributed by atoms with Crippen molar-refractivity contribution in [2.24, 2.45) is 0 Å². The molecule has 1 aromatic rings. The minimum absolute atomic E-state index is 0.821. The maximum atomic E-state index is 11.2. The van der Waals surface area contributed by atoms with Gasteiger partial charge in [-0.2, -0.15) is 0 Å². The van der Waals surface area contributed by atoms with Crippen molar-refractivity contribution >= 4 is 26.7 Å². The number of likely N-dealkylation sites (N-methyl/N-ethyl adjacent to an activating group) is 1. The fourth-order valence-corrected chi connectivity index (χ4v) is 2.39. The van der Waals surface area contributed by atoms with Gasteiger partial charge in [0.05, 0.1) is 0 Å². The fraction of sp³-hybridized carbons (Fsp3) is 0.333. The van der Waals surface area contributed by atoms with Crippen LogP contribution in [0.1, 0.15) is 5.56 Å². The first kappa shape index (κ1) is 13.6. The molecule has 0 heterocycles. The summed E-state index contributed by atoms with van der Waals surface area (Å²) >= 11 is 3.34. The smallest absolute Gasteiger partial charge is 0.0498 e. The molecule has 4 heteroatoms. The maximum absolute atomic E-state index is 11.2. The first-order valence-electron chi connectivity index (χ1n) is 4.93. The molecular formula is C12H16BrNOS. The molecule has 16 heavy (non-hydrogen) atoms. The molecule has 0 N–H and O–H groups in total. The Kier molecular flexibility index (Phi) is 5.38. The van der Waals surface area contributed by atoms with Crippen LogP contribution in [-0.2, 0) is 17.3 Å². The van der Waals surface area contributed by atoms with Gasteiger partial charge in [0.2, 0.25) is 0 Å². The molecule has 0 spiro atoms. The third kappa shape index (κ3) is 4.60. The van der Waals surface area contributed by atoms with Crippen molar-refractivity contribution in [3.8, 4) is 0 Å². The summed E-state index contributed by atoms with van der Waals surface area (Å²) in [6.07, 6.45) is 1.69. The van der Waals surface area contributed by atoms with Crippen LogP contribution < -0.4 is 0 Å². The Morgan fingerprint density at radius 2 is 2.00 bits per heavy atom. The van der Waals surface area contributed by atoms with Gasteiger partial charge in [0.15, 0.2) is 0 Å². The van der Waals surface area contributed by atoms with Gasteiger partial charge in [-0.25, -0.2) is 0 Å². The van der Waals surface area contributed by atoms with Crippen molar-refractivity contribution in [2.45, 2.75) is 11.4 Å². The first-order valence-corrected chi connectivity index (χ1v) is 7.28. The van der Waals surface area contributed by atoms with Crippen molar-refractivity contribution in [3.63, 3.8) is 0 Å². The van der Waals surface area contributed by atoms with E-state index in [1.54, 1.807) is 6.26 Å². The van der Waals surface area contributed by atoms with Crippen LogP contribution in [0.3, 0.4) is 0 Å². The predicted molar refractivity (Wildman–Crippen MR) is 73.2 cm³/mol. The Morgan fingerprint density at radius 1 is 1.44 bits per heavy atom. The summed E-state index contributed by atoms with van der Waals surface area (Å²) in [5.41, 5.74) is 1.21. The van der Waals surface area contributed by atoms with Crippen LogP contribution in [0.15, 0.2) is 40.2 Å². The maximum Gasteiger partial charge on any atom is 0.0498 e. The zero-order valence-electron chi connectivity index (χ0n) is 9.57. The zero-order valence-corrected chi connectivity index (χ0v) is 12.0. The van der Waals surface area contributed by atoms with Gasteiger partial charge in [-0.1, -0.05) is 34.6 Å². The van der Waals surface area contributed by atoms with Gasteiger partial charge in [0.25, 0.3) is 0 Å². The lowest BCUT2D eigenvalue weighted by Crippen LogP contribution is -2.18. The number of halogens is 1. The van der Waals surface area contributed by atoms with Crippen molar-refractivity contribution < 1.29 is 4.21 Å². The topological polar surface area (TPSA) is 20.3 Å². The quantitative estimate of drug-likeness (QED) is 0.833. The molecule has 1 atom stereocenters. The molecule has 0 aliphatic carbocycles. The molecule has 0 aromatic heterocycles. The summed E-state index contributed by atoms with van der Waals surface area (Å²) in [6.45, 7) is 5.49. The molecule has 0 saturated heterocycles. The number of rotatable bonds is 5. The SMILES string of the molecule is C=C(Br)CN(C)Cc1ccc(S(C)=O)cc1. The molecule has 1 unspecified atom stereocenters. The van der Waals surface area contributed by atoms with E-state index >= 15 is 0 Å². The summed E-state index contributed by atoms with van der Waals surface area (Å²) in [5.74, 6) is 0. The van der Waals surface area contributed by atoms with Crippen molar-refractivity contribution in [3.05, 3.63) is 40.9 Å². The molecule has 0 fully saturated rings. The zero-order chi connectivity index (χ0) is 12.1. The molecule has 1 aromatic carbocycles. The van der Waals surface area contributed by atoms with Crippen LogP contribution in [0.25, 0.3) is 0 Å². The first-order chi connectivity index (χ1) is 7.49. The van der Waals surface area contributed by atoms with E-state index in [9.17, 15) is 4.21 Å². The van der Waals surface area contributed by atoms with E-state index in [4.69, 9.17) is 0 Å². The molecule has 0 amide bonds. The molecule has 0 radical (unpaired) electrons. The summed E-state index contributed by atoms with van der Waals surface area (Å²) in [7, 11) is 1.15. The third-order valence-electron chi connectivity index (χ3n) is 2.15. The minimum Gasteiger partial charge on any atom is -0.297 e. The van der Waals surface area contributed by atoms with Gasteiger partial charge >= 0.3 is 0 Å². The highest BCUT2D eigenvalue weighted by Gasteiger charge is 2.02. The van der Waals surface area contributed by atoms with Gasteiger partial charge in [-0.3, -0.25) is 9.11 Å². The molecule has 0 aliphatic rings. The molecule has 0 saturated carbocycles. The number of nitrogens with zero attached hydrogens (tertiary/aromatic N) is 1. The number of benzene rings is 1. The summed E-state index contributed by atoms with van der Waals surface area (Å²) in [6, 6.07) is 7.87. The van der Waals surface area contributed by atoms with Crippen molar-refractivity contribution in [2.75, 3.05) is 19.8 Å². The van der Waals surface area contributed by atoms with E-state index in [2.05, 4.69) is 27.4 Å². The van der Waals surface area contributed by atoms with Crippen LogP contribution >= 0.6 is 15.9 Å². The highest BCUT2D eigenvalue weighted by atomic mass is 79.9. The van der Waals surface area contributed by atoms with Crippen molar-refractivity contribution in [1.29, 1.82) is 0 Å². The second-order valence-corrected chi connectivity index (χ2v) is 6.29. The summed E-state index contributed by atoms with van der Waals surface area (Å²) < 4.78 is 12.2. The Balaban J connectivity index is 2.61.